The highest BCUT2D eigenvalue weighted by Gasteiger charge is 2.44. The van der Waals surface area contributed by atoms with Crippen LogP contribution in [0, 0.1) is 6.92 Å². The summed E-state index contributed by atoms with van der Waals surface area (Å²) in [6.07, 6.45) is -3.93. The van der Waals surface area contributed by atoms with Gasteiger partial charge in [0.1, 0.15) is 30.5 Å². The molecule has 2 aromatic rings. The Morgan fingerprint density at radius 2 is 1.56 bits per heavy atom. The third-order valence-corrected chi connectivity index (χ3v) is 5.51. The minimum atomic E-state index is -1.37. The zero-order valence-corrected chi connectivity index (χ0v) is 15.7. The fraction of sp³-hybridized carbons (Fsp3) is 0.455. The molecule has 1 saturated heterocycles. The molecule has 4 N–H and O–H groups in total. The standard InChI is InChI=1S/C22H28O5/c1-3-14-7-9-15(10-8-14)11-16-5-4-6-17(13(16)2)22-21(26)20(25)19(24)18(12-23)27-22/h4-10,18-26H,3,11-12H2,1-2H3/t18-,19-,20+,21-,22+/m1/s1. The van der Waals surface area contributed by atoms with Crippen LogP contribution in [0.5, 0.6) is 0 Å². The summed E-state index contributed by atoms with van der Waals surface area (Å²) in [5.41, 5.74) is 5.33. The average molecular weight is 372 g/mol. The van der Waals surface area contributed by atoms with Gasteiger partial charge in [0.25, 0.3) is 0 Å². The third kappa shape index (κ3) is 4.08. The predicted octanol–water partition coefficient (Wildman–Crippen LogP) is 1.66. The lowest BCUT2D eigenvalue weighted by molar-refractivity contribution is -0.231. The Bertz CT molecular complexity index is 756. The highest BCUT2D eigenvalue weighted by molar-refractivity contribution is 5.40. The van der Waals surface area contributed by atoms with Gasteiger partial charge < -0.3 is 25.2 Å². The molecule has 0 aromatic heterocycles. The molecule has 2 aromatic carbocycles. The molecular formula is C22H28O5. The van der Waals surface area contributed by atoms with Crippen LogP contribution in [0.3, 0.4) is 0 Å². The Morgan fingerprint density at radius 3 is 2.19 bits per heavy atom. The fourth-order valence-corrected chi connectivity index (χ4v) is 3.67. The van der Waals surface area contributed by atoms with Gasteiger partial charge in [0.15, 0.2) is 0 Å². The largest absolute Gasteiger partial charge is 0.394 e. The molecule has 0 bridgehead atoms. The Balaban J connectivity index is 1.87. The van der Waals surface area contributed by atoms with Crippen molar-refractivity contribution >= 4 is 0 Å². The SMILES string of the molecule is CCc1ccc(Cc2cccc([C@@H]3O[C@H](CO)[C@@H](O)[C@H](O)[C@H]3O)c2C)cc1. The van der Waals surface area contributed by atoms with Crippen molar-refractivity contribution in [2.24, 2.45) is 0 Å². The lowest BCUT2D eigenvalue weighted by Crippen LogP contribution is -2.55. The predicted molar refractivity (Wildman–Crippen MR) is 103 cm³/mol. The van der Waals surface area contributed by atoms with E-state index in [4.69, 9.17) is 4.74 Å². The van der Waals surface area contributed by atoms with Crippen LogP contribution in [0.1, 0.15) is 40.8 Å². The van der Waals surface area contributed by atoms with Gasteiger partial charge in [-0.05, 0) is 47.6 Å². The Kier molecular flexibility index (Phi) is 6.29. The van der Waals surface area contributed by atoms with Gasteiger partial charge in [-0.25, -0.2) is 0 Å². The minimum absolute atomic E-state index is 0.427. The smallest absolute Gasteiger partial charge is 0.113 e. The molecule has 1 aliphatic rings. The monoisotopic (exact) mass is 372 g/mol. The molecule has 0 spiro atoms. The van der Waals surface area contributed by atoms with Crippen molar-refractivity contribution in [3.8, 4) is 0 Å². The molecule has 27 heavy (non-hydrogen) atoms. The average Bonchev–Trinajstić information content (AvgIpc) is 2.69. The molecule has 0 aliphatic carbocycles. The van der Waals surface area contributed by atoms with Gasteiger partial charge >= 0.3 is 0 Å². The van der Waals surface area contributed by atoms with Crippen LogP contribution in [0.15, 0.2) is 42.5 Å². The summed E-state index contributed by atoms with van der Waals surface area (Å²) < 4.78 is 5.72. The van der Waals surface area contributed by atoms with Crippen LogP contribution in [-0.4, -0.2) is 51.4 Å². The van der Waals surface area contributed by atoms with E-state index in [1.54, 1.807) is 0 Å². The summed E-state index contributed by atoms with van der Waals surface area (Å²) in [5, 5.41) is 39.9. The van der Waals surface area contributed by atoms with Crippen molar-refractivity contribution in [2.75, 3.05) is 6.61 Å². The summed E-state index contributed by atoms with van der Waals surface area (Å²) in [7, 11) is 0. The number of aliphatic hydroxyl groups excluding tert-OH is 4. The summed E-state index contributed by atoms with van der Waals surface area (Å²) >= 11 is 0. The first-order chi connectivity index (χ1) is 13.0. The van der Waals surface area contributed by atoms with Gasteiger partial charge in [-0.3, -0.25) is 0 Å². The van der Waals surface area contributed by atoms with Crippen molar-refractivity contribution in [1.29, 1.82) is 0 Å². The number of hydrogen-bond acceptors (Lipinski definition) is 5. The highest BCUT2D eigenvalue weighted by atomic mass is 16.5. The number of rotatable bonds is 5. The van der Waals surface area contributed by atoms with Crippen LogP contribution in [0.25, 0.3) is 0 Å². The highest BCUT2D eigenvalue weighted by Crippen LogP contribution is 2.35. The lowest BCUT2D eigenvalue weighted by Gasteiger charge is -2.40. The summed E-state index contributed by atoms with van der Waals surface area (Å²) in [4.78, 5) is 0. The quantitative estimate of drug-likeness (QED) is 0.641. The number of ether oxygens (including phenoxy) is 1. The minimum Gasteiger partial charge on any atom is -0.394 e. The Morgan fingerprint density at radius 1 is 0.889 bits per heavy atom. The van der Waals surface area contributed by atoms with E-state index in [1.165, 1.54) is 11.1 Å². The van der Waals surface area contributed by atoms with Crippen LogP contribution >= 0.6 is 0 Å². The van der Waals surface area contributed by atoms with E-state index in [-0.39, 0.29) is 0 Å². The Labute approximate surface area is 159 Å². The van der Waals surface area contributed by atoms with Gasteiger partial charge in [0.2, 0.25) is 0 Å². The molecule has 0 radical (unpaired) electrons. The van der Waals surface area contributed by atoms with Crippen LogP contribution in [0.4, 0.5) is 0 Å². The van der Waals surface area contributed by atoms with Gasteiger partial charge in [-0.2, -0.15) is 0 Å². The first kappa shape index (κ1) is 20.0. The maximum Gasteiger partial charge on any atom is 0.113 e. The van der Waals surface area contributed by atoms with E-state index >= 15 is 0 Å². The van der Waals surface area contributed by atoms with Gasteiger partial charge in [0.05, 0.1) is 6.61 Å². The molecule has 146 valence electrons. The van der Waals surface area contributed by atoms with Crippen molar-refractivity contribution in [3.63, 3.8) is 0 Å². The van der Waals surface area contributed by atoms with Crippen LogP contribution in [0.2, 0.25) is 0 Å². The first-order valence-corrected chi connectivity index (χ1v) is 9.43. The number of benzene rings is 2. The first-order valence-electron chi connectivity index (χ1n) is 9.43. The Hall–Kier alpha value is -1.76. The number of aliphatic hydroxyl groups is 4. The molecule has 0 saturated carbocycles. The maximum absolute atomic E-state index is 10.4. The van der Waals surface area contributed by atoms with Crippen molar-refractivity contribution in [3.05, 3.63) is 70.3 Å². The van der Waals surface area contributed by atoms with E-state index < -0.39 is 37.1 Å². The second-order valence-electron chi connectivity index (χ2n) is 7.23. The zero-order chi connectivity index (χ0) is 19.6. The van der Waals surface area contributed by atoms with Gasteiger partial charge in [0, 0.05) is 0 Å². The van der Waals surface area contributed by atoms with Crippen molar-refractivity contribution < 1.29 is 25.2 Å². The molecule has 5 atom stereocenters. The van der Waals surface area contributed by atoms with E-state index in [2.05, 4.69) is 31.2 Å². The molecule has 3 rings (SSSR count). The molecule has 5 heteroatoms. The molecule has 1 heterocycles. The van der Waals surface area contributed by atoms with Crippen molar-refractivity contribution in [2.45, 2.75) is 57.2 Å². The molecule has 5 nitrogen and oxygen atoms in total. The molecule has 1 aliphatic heterocycles. The number of hydrogen-bond donors (Lipinski definition) is 4. The van der Waals surface area contributed by atoms with Gasteiger partial charge in [-0.1, -0.05) is 49.4 Å². The summed E-state index contributed by atoms with van der Waals surface area (Å²) in [5.74, 6) is 0. The number of aryl methyl sites for hydroxylation is 1. The maximum atomic E-state index is 10.4. The van der Waals surface area contributed by atoms with Gasteiger partial charge in [-0.15, -0.1) is 0 Å². The second-order valence-corrected chi connectivity index (χ2v) is 7.23. The van der Waals surface area contributed by atoms with E-state index in [1.807, 2.05) is 25.1 Å². The summed E-state index contributed by atoms with van der Waals surface area (Å²) in [6.45, 7) is 3.67. The summed E-state index contributed by atoms with van der Waals surface area (Å²) in [6, 6.07) is 14.3. The molecule has 0 amide bonds. The molecule has 1 fully saturated rings. The van der Waals surface area contributed by atoms with Crippen molar-refractivity contribution in [1.82, 2.24) is 0 Å². The van der Waals surface area contributed by atoms with Crippen LogP contribution < -0.4 is 0 Å². The molecular weight excluding hydrogens is 344 g/mol. The normalized spacial score (nSPS) is 28.3. The zero-order valence-electron chi connectivity index (χ0n) is 15.7. The van der Waals surface area contributed by atoms with E-state index in [0.29, 0.717) is 0 Å². The topological polar surface area (TPSA) is 90.2 Å². The molecule has 0 unspecified atom stereocenters. The van der Waals surface area contributed by atoms with E-state index in [0.717, 1.165) is 29.5 Å². The van der Waals surface area contributed by atoms with E-state index in [9.17, 15) is 20.4 Å². The third-order valence-electron chi connectivity index (χ3n) is 5.51. The fourth-order valence-electron chi connectivity index (χ4n) is 3.67. The van der Waals surface area contributed by atoms with Crippen LogP contribution in [-0.2, 0) is 17.6 Å². The lowest BCUT2D eigenvalue weighted by atomic mass is 9.87. The second kappa shape index (κ2) is 8.50.